The molecular weight excluding hydrogens is 294 g/mol. The number of hydrogen-bond acceptors (Lipinski definition) is 4. The van der Waals surface area contributed by atoms with Crippen LogP contribution in [0.2, 0.25) is 0 Å². The summed E-state index contributed by atoms with van der Waals surface area (Å²) in [4.78, 5) is 18.7. The van der Waals surface area contributed by atoms with Crippen molar-refractivity contribution in [3.05, 3.63) is 51.5 Å². The molecule has 0 radical (unpaired) electrons. The quantitative estimate of drug-likeness (QED) is 0.822. The predicted molar refractivity (Wildman–Crippen MR) is 87.4 cm³/mol. The fourth-order valence-electron chi connectivity index (χ4n) is 2.22. The number of rotatable bonds is 6. The molecular formula is C17H19N3OS. The third-order valence-corrected chi connectivity index (χ3v) is 4.12. The number of carbonyl (C=O) groups excluding carboxylic acids is 1. The van der Waals surface area contributed by atoms with Crippen molar-refractivity contribution < 1.29 is 4.79 Å². The van der Waals surface area contributed by atoms with Crippen molar-refractivity contribution in [2.45, 2.75) is 33.2 Å². The molecule has 5 heteroatoms. The summed E-state index contributed by atoms with van der Waals surface area (Å²) in [5.74, 6) is 0.0940. The maximum Gasteiger partial charge on any atom is 0.228 e. The standard InChI is InChI=1S/C17H19N3OS/c1-3-8-20(11-15-6-4-14(10-18)5-7-15)17(21)9-16-12-22-13(2)19-16/h4-7,12H,3,8-9,11H2,1-2H3. The van der Waals surface area contributed by atoms with E-state index >= 15 is 0 Å². The SMILES string of the molecule is CCCN(Cc1ccc(C#N)cc1)C(=O)Cc1csc(C)n1. The molecule has 0 unspecified atom stereocenters. The van der Waals surface area contributed by atoms with Gasteiger partial charge in [-0.2, -0.15) is 5.26 Å². The highest BCUT2D eigenvalue weighted by molar-refractivity contribution is 7.09. The van der Waals surface area contributed by atoms with Crippen LogP contribution in [0.3, 0.4) is 0 Å². The van der Waals surface area contributed by atoms with E-state index in [1.165, 1.54) is 0 Å². The minimum Gasteiger partial charge on any atom is -0.338 e. The van der Waals surface area contributed by atoms with Crippen molar-refractivity contribution in [2.24, 2.45) is 0 Å². The molecule has 0 N–H and O–H groups in total. The van der Waals surface area contributed by atoms with E-state index in [0.717, 1.165) is 29.2 Å². The van der Waals surface area contributed by atoms with E-state index in [-0.39, 0.29) is 5.91 Å². The average Bonchev–Trinajstić information content (AvgIpc) is 2.92. The van der Waals surface area contributed by atoms with E-state index in [0.29, 0.717) is 18.5 Å². The molecule has 0 fully saturated rings. The van der Waals surface area contributed by atoms with Gasteiger partial charge in [-0.25, -0.2) is 4.98 Å². The third kappa shape index (κ3) is 4.40. The largest absolute Gasteiger partial charge is 0.338 e. The predicted octanol–water partition coefficient (Wildman–Crippen LogP) is 3.30. The minimum absolute atomic E-state index is 0.0940. The van der Waals surface area contributed by atoms with E-state index < -0.39 is 0 Å². The zero-order valence-electron chi connectivity index (χ0n) is 12.9. The second-order valence-corrected chi connectivity index (χ2v) is 6.22. The maximum absolute atomic E-state index is 12.5. The summed E-state index contributed by atoms with van der Waals surface area (Å²) in [5.41, 5.74) is 2.51. The highest BCUT2D eigenvalue weighted by Crippen LogP contribution is 2.12. The molecule has 1 aromatic carbocycles. The Morgan fingerprint density at radius 3 is 2.64 bits per heavy atom. The van der Waals surface area contributed by atoms with E-state index in [2.05, 4.69) is 18.0 Å². The summed E-state index contributed by atoms with van der Waals surface area (Å²) < 4.78 is 0. The van der Waals surface area contributed by atoms with Gasteiger partial charge in [-0.05, 0) is 31.0 Å². The Hall–Kier alpha value is -2.19. The molecule has 0 aliphatic heterocycles. The van der Waals surface area contributed by atoms with Crippen molar-refractivity contribution in [2.75, 3.05) is 6.54 Å². The van der Waals surface area contributed by atoms with Gasteiger partial charge in [-0.1, -0.05) is 19.1 Å². The smallest absolute Gasteiger partial charge is 0.228 e. The molecule has 0 bridgehead atoms. The Bertz CT molecular complexity index is 670. The zero-order valence-corrected chi connectivity index (χ0v) is 13.7. The Kier molecular flexibility index (Phi) is 5.68. The van der Waals surface area contributed by atoms with E-state index in [1.54, 1.807) is 23.5 Å². The normalized spacial score (nSPS) is 10.2. The Morgan fingerprint density at radius 2 is 2.09 bits per heavy atom. The van der Waals surface area contributed by atoms with Crippen molar-refractivity contribution >= 4 is 17.2 Å². The van der Waals surface area contributed by atoms with Gasteiger partial charge in [-0.15, -0.1) is 11.3 Å². The number of aromatic nitrogens is 1. The van der Waals surface area contributed by atoms with Crippen molar-refractivity contribution in [1.82, 2.24) is 9.88 Å². The fraction of sp³-hybridized carbons (Fsp3) is 0.353. The van der Waals surface area contributed by atoms with Crippen LogP contribution in [0.25, 0.3) is 0 Å². The lowest BCUT2D eigenvalue weighted by Crippen LogP contribution is -2.32. The van der Waals surface area contributed by atoms with Gasteiger partial charge < -0.3 is 4.90 Å². The maximum atomic E-state index is 12.5. The Morgan fingerprint density at radius 1 is 1.36 bits per heavy atom. The number of benzene rings is 1. The molecule has 4 nitrogen and oxygen atoms in total. The van der Waals surface area contributed by atoms with Crippen molar-refractivity contribution in [1.29, 1.82) is 5.26 Å². The first kappa shape index (κ1) is 16.2. The van der Waals surface area contributed by atoms with Crippen molar-refractivity contribution in [3.63, 3.8) is 0 Å². The van der Waals surface area contributed by atoms with E-state index in [4.69, 9.17) is 5.26 Å². The lowest BCUT2D eigenvalue weighted by molar-refractivity contribution is -0.131. The molecule has 0 atom stereocenters. The van der Waals surface area contributed by atoms with Gasteiger partial charge in [0.25, 0.3) is 0 Å². The number of carbonyl (C=O) groups is 1. The monoisotopic (exact) mass is 313 g/mol. The van der Waals surface area contributed by atoms with Gasteiger partial charge in [0.05, 0.1) is 28.8 Å². The van der Waals surface area contributed by atoms with Crippen LogP contribution < -0.4 is 0 Å². The first-order valence-corrected chi connectivity index (χ1v) is 8.18. The summed E-state index contributed by atoms with van der Waals surface area (Å²) in [6, 6.07) is 9.48. The molecule has 114 valence electrons. The summed E-state index contributed by atoms with van der Waals surface area (Å²) in [6.07, 6.45) is 1.26. The van der Waals surface area contributed by atoms with Crippen LogP contribution >= 0.6 is 11.3 Å². The number of amides is 1. The molecule has 0 aliphatic rings. The minimum atomic E-state index is 0.0940. The van der Waals surface area contributed by atoms with E-state index in [1.807, 2.05) is 29.3 Å². The van der Waals surface area contributed by atoms with Crippen LogP contribution in [0.1, 0.15) is 35.2 Å². The zero-order chi connectivity index (χ0) is 15.9. The number of nitriles is 1. The molecule has 0 aliphatic carbocycles. The van der Waals surface area contributed by atoms with Crippen LogP contribution in [-0.2, 0) is 17.8 Å². The first-order chi connectivity index (χ1) is 10.6. The van der Waals surface area contributed by atoms with Crippen LogP contribution in [0.4, 0.5) is 0 Å². The van der Waals surface area contributed by atoms with Gasteiger partial charge >= 0.3 is 0 Å². The summed E-state index contributed by atoms with van der Waals surface area (Å²) >= 11 is 1.57. The van der Waals surface area contributed by atoms with Gasteiger partial charge in [-0.3, -0.25) is 4.79 Å². The lowest BCUT2D eigenvalue weighted by atomic mass is 10.1. The lowest BCUT2D eigenvalue weighted by Gasteiger charge is -2.22. The second-order valence-electron chi connectivity index (χ2n) is 5.16. The van der Waals surface area contributed by atoms with Gasteiger partial charge in [0.1, 0.15) is 0 Å². The van der Waals surface area contributed by atoms with Crippen LogP contribution in [0, 0.1) is 18.3 Å². The summed E-state index contributed by atoms with van der Waals surface area (Å²) in [6.45, 7) is 5.30. The average molecular weight is 313 g/mol. The highest BCUT2D eigenvalue weighted by Gasteiger charge is 2.15. The number of hydrogen-bond donors (Lipinski definition) is 0. The number of thiazole rings is 1. The van der Waals surface area contributed by atoms with Crippen LogP contribution in [0.5, 0.6) is 0 Å². The molecule has 1 aromatic heterocycles. The van der Waals surface area contributed by atoms with Gasteiger partial charge in [0.2, 0.25) is 5.91 Å². The third-order valence-electron chi connectivity index (χ3n) is 3.30. The van der Waals surface area contributed by atoms with Gasteiger partial charge in [0, 0.05) is 18.5 Å². The van der Waals surface area contributed by atoms with E-state index in [9.17, 15) is 4.79 Å². The fourth-order valence-corrected chi connectivity index (χ4v) is 2.84. The number of nitrogens with zero attached hydrogens (tertiary/aromatic N) is 3. The molecule has 0 spiro atoms. The molecule has 0 saturated heterocycles. The highest BCUT2D eigenvalue weighted by atomic mass is 32.1. The van der Waals surface area contributed by atoms with Crippen molar-refractivity contribution in [3.8, 4) is 6.07 Å². The molecule has 1 heterocycles. The molecule has 2 aromatic rings. The summed E-state index contributed by atoms with van der Waals surface area (Å²) in [5, 5.41) is 11.8. The molecule has 0 saturated carbocycles. The molecule has 2 rings (SSSR count). The van der Waals surface area contributed by atoms with Gasteiger partial charge in [0.15, 0.2) is 0 Å². The Balaban J connectivity index is 2.04. The summed E-state index contributed by atoms with van der Waals surface area (Å²) in [7, 11) is 0. The first-order valence-electron chi connectivity index (χ1n) is 7.30. The van der Waals surface area contributed by atoms with Crippen LogP contribution in [-0.4, -0.2) is 22.3 Å². The molecule has 1 amide bonds. The Labute approximate surface area is 135 Å². The molecule has 22 heavy (non-hydrogen) atoms. The topological polar surface area (TPSA) is 57.0 Å². The van der Waals surface area contributed by atoms with Crippen LogP contribution in [0.15, 0.2) is 29.6 Å². The number of aryl methyl sites for hydroxylation is 1. The second kappa shape index (κ2) is 7.71.